The second kappa shape index (κ2) is 11.4. The molecule has 0 aliphatic heterocycles. The average molecular weight is 715 g/mol. The van der Waals surface area contributed by atoms with Crippen molar-refractivity contribution in [2.24, 2.45) is 0 Å². The van der Waals surface area contributed by atoms with Gasteiger partial charge in [0.15, 0.2) is 17.5 Å². The molecule has 0 N–H and O–H groups in total. The van der Waals surface area contributed by atoms with E-state index in [9.17, 15) is 0 Å². The van der Waals surface area contributed by atoms with Crippen LogP contribution in [0, 0.1) is 0 Å². The molecule has 2 aromatic heterocycles. The highest BCUT2D eigenvalue weighted by molar-refractivity contribution is 6.21. The zero-order valence-corrected chi connectivity index (χ0v) is 31.0. The first kappa shape index (κ1) is 31.2. The highest BCUT2D eigenvalue weighted by Crippen LogP contribution is 2.55. The van der Waals surface area contributed by atoms with E-state index in [1.54, 1.807) is 0 Å². The lowest BCUT2D eigenvalue weighted by Crippen LogP contribution is -2.15. The highest BCUT2D eigenvalue weighted by atomic mass is 15.0. The molecule has 0 spiro atoms. The van der Waals surface area contributed by atoms with Crippen molar-refractivity contribution in [1.29, 1.82) is 0 Å². The van der Waals surface area contributed by atoms with Gasteiger partial charge >= 0.3 is 0 Å². The van der Waals surface area contributed by atoms with Crippen molar-refractivity contribution < 1.29 is 0 Å². The van der Waals surface area contributed by atoms with E-state index in [-0.39, 0.29) is 5.41 Å². The lowest BCUT2D eigenvalue weighted by molar-refractivity contribution is 0.661. The predicted molar refractivity (Wildman–Crippen MR) is 230 cm³/mol. The summed E-state index contributed by atoms with van der Waals surface area (Å²) in [7, 11) is 0. The minimum atomic E-state index is -0.124. The molecule has 2 heterocycles. The fraction of sp³-hybridized carbons (Fsp3) is 0.0577. The van der Waals surface area contributed by atoms with Crippen molar-refractivity contribution in [3.63, 3.8) is 0 Å². The van der Waals surface area contributed by atoms with Gasteiger partial charge in [0, 0.05) is 44.0 Å². The van der Waals surface area contributed by atoms with E-state index in [4.69, 9.17) is 15.0 Å². The topological polar surface area (TPSA) is 43.6 Å². The maximum absolute atomic E-state index is 5.24. The number of aromatic nitrogens is 4. The molecule has 262 valence electrons. The molecule has 4 heteroatoms. The molecule has 10 aromatic rings. The standard InChI is InChI=1S/C52H34N4/c1-52(2)41-25-11-9-21-34(41)39-29-40-35-22-10-12-26-43(35)56(45(40)30-42(39)52)44-28-27-38(47-36-23-13-19-31-20-14-24-37(46(31)36)48(44)47)51-54-49(32-15-5-3-6-16-32)53-50(55-51)33-17-7-4-8-18-33/h3-30H,1-2H3. The Balaban J connectivity index is 1.18. The van der Waals surface area contributed by atoms with Crippen LogP contribution < -0.4 is 0 Å². The molecule has 12 rings (SSSR count). The smallest absolute Gasteiger partial charge is 0.164 e. The Morgan fingerprint density at radius 2 is 1.02 bits per heavy atom. The molecule has 0 fully saturated rings. The summed E-state index contributed by atoms with van der Waals surface area (Å²) in [5.41, 5.74) is 16.5. The number of fused-ring (bicyclic) bond motifs is 9. The monoisotopic (exact) mass is 714 g/mol. The summed E-state index contributed by atoms with van der Waals surface area (Å²) in [5, 5.41) is 4.99. The van der Waals surface area contributed by atoms with Gasteiger partial charge in [0.25, 0.3) is 0 Å². The van der Waals surface area contributed by atoms with Crippen LogP contribution in [-0.2, 0) is 5.41 Å². The quantitative estimate of drug-likeness (QED) is 0.182. The normalized spacial score (nSPS) is 13.3. The summed E-state index contributed by atoms with van der Waals surface area (Å²) >= 11 is 0. The molecule has 0 amide bonds. The Kier molecular flexibility index (Phi) is 6.37. The van der Waals surface area contributed by atoms with Crippen LogP contribution in [0.25, 0.3) is 106 Å². The molecule has 0 saturated heterocycles. The molecule has 0 bridgehead atoms. The SMILES string of the molecule is CC1(C)c2ccccc2-c2cc3c4ccccc4n(-c4ccc(-c5nc(-c6ccccc6)nc(-c6ccccc6)n5)c5c4-c4cccc6cccc-5c46)c3cc21. The van der Waals surface area contributed by atoms with E-state index in [1.807, 2.05) is 36.4 Å². The van der Waals surface area contributed by atoms with Crippen LogP contribution in [0.1, 0.15) is 25.0 Å². The van der Waals surface area contributed by atoms with Crippen LogP contribution >= 0.6 is 0 Å². The lowest BCUT2D eigenvalue weighted by Gasteiger charge is -2.22. The van der Waals surface area contributed by atoms with E-state index >= 15 is 0 Å². The zero-order valence-electron chi connectivity index (χ0n) is 31.0. The van der Waals surface area contributed by atoms with Gasteiger partial charge < -0.3 is 4.57 Å². The number of para-hydroxylation sites is 1. The third kappa shape index (κ3) is 4.27. The third-order valence-corrected chi connectivity index (χ3v) is 12.2. The van der Waals surface area contributed by atoms with Gasteiger partial charge in [-0.05, 0) is 74.5 Å². The lowest BCUT2D eigenvalue weighted by atomic mass is 9.82. The van der Waals surface area contributed by atoms with Gasteiger partial charge in [0.1, 0.15) is 0 Å². The summed E-state index contributed by atoms with van der Waals surface area (Å²) in [4.78, 5) is 15.5. The summed E-state index contributed by atoms with van der Waals surface area (Å²) in [6, 6.07) is 61.0. The molecule has 0 atom stereocenters. The summed E-state index contributed by atoms with van der Waals surface area (Å²) in [6.07, 6.45) is 0. The van der Waals surface area contributed by atoms with E-state index in [0.717, 1.165) is 27.9 Å². The fourth-order valence-corrected chi connectivity index (χ4v) is 9.63. The Labute approximate surface area is 324 Å². The molecular weight excluding hydrogens is 681 g/mol. The zero-order chi connectivity index (χ0) is 37.1. The van der Waals surface area contributed by atoms with Gasteiger partial charge in [0.05, 0.1) is 16.7 Å². The van der Waals surface area contributed by atoms with E-state index < -0.39 is 0 Å². The largest absolute Gasteiger partial charge is 0.309 e. The summed E-state index contributed by atoms with van der Waals surface area (Å²) in [5.74, 6) is 1.96. The molecule has 4 nitrogen and oxygen atoms in total. The summed E-state index contributed by atoms with van der Waals surface area (Å²) < 4.78 is 2.51. The average Bonchev–Trinajstić information content (AvgIpc) is 3.85. The molecule has 8 aromatic carbocycles. The van der Waals surface area contributed by atoms with Gasteiger partial charge in [-0.2, -0.15) is 0 Å². The van der Waals surface area contributed by atoms with Crippen LogP contribution in [0.3, 0.4) is 0 Å². The number of rotatable bonds is 4. The van der Waals surface area contributed by atoms with Crippen molar-refractivity contribution in [1.82, 2.24) is 19.5 Å². The van der Waals surface area contributed by atoms with E-state index in [1.165, 1.54) is 71.5 Å². The van der Waals surface area contributed by atoms with E-state index in [2.05, 4.69) is 152 Å². The van der Waals surface area contributed by atoms with Gasteiger partial charge in [-0.15, -0.1) is 0 Å². The molecule has 2 aliphatic rings. The minimum absolute atomic E-state index is 0.124. The number of hydrogen-bond acceptors (Lipinski definition) is 3. The van der Waals surface area contributed by atoms with Gasteiger partial charge in [-0.3, -0.25) is 0 Å². The van der Waals surface area contributed by atoms with E-state index in [0.29, 0.717) is 17.5 Å². The van der Waals surface area contributed by atoms with Gasteiger partial charge in [-0.1, -0.05) is 153 Å². The Bertz CT molecular complexity index is 3200. The Morgan fingerprint density at radius 1 is 0.411 bits per heavy atom. The van der Waals surface area contributed by atoms with Crippen LogP contribution in [0.4, 0.5) is 0 Å². The Hall–Kier alpha value is -7.17. The van der Waals surface area contributed by atoms with Crippen molar-refractivity contribution in [3.8, 4) is 73.2 Å². The number of benzene rings is 8. The number of hydrogen-bond donors (Lipinski definition) is 0. The van der Waals surface area contributed by atoms with Crippen molar-refractivity contribution >= 4 is 32.6 Å². The highest BCUT2D eigenvalue weighted by Gasteiger charge is 2.37. The maximum Gasteiger partial charge on any atom is 0.164 e. The van der Waals surface area contributed by atoms with Crippen LogP contribution in [0.15, 0.2) is 170 Å². The second-order valence-electron chi connectivity index (χ2n) is 15.6. The fourth-order valence-electron chi connectivity index (χ4n) is 9.63. The van der Waals surface area contributed by atoms with Crippen LogP contribution in [-0.4, -0.2) is 19.5 Å². The first-order valence-corrected chi connectivity index (χ1v) is 19.3. The van der Waals surface area contributed by atoms with Crippen LogP contribution in [0.2, 0.25) is 0 Å². The second-order valence-corrected chi connectivity index (χ2v) is 15.6. The molecule has 0 unspecified atom stereocenters. The molecule has 2 aliphatic carbocycles. The van der Waals surface area contributed by atoms with Crippen molar-refractivity contribution in [2.45, 2.75) is 19.3 Å². The van der Waals surface area contributed by atoms with Gasteiger partial charge in [0.2, 0.25) is 0 Å². The molecule has 0 saturated carbocycles. The van der Waals surface area contributed by atoms with Gasteiger partial charge in [-0.25, -0.2) is 15.0 Å². The molecule has 0 radical (unpaired) electrons. The predicted octanol–water partition coefficient (Wildman–Crippen LogP) is 13.1. The Morgan fingerprint density at radius 3 is 1.75 bits per heavy atom. The van der Waals surface area contributed by atoms with Crippen LogP contribution in [0.5, 0.6) is 0 Å². The molecular formula is C52H34N4. The first-order valence-electron chi connectivity index (χ1n) is 19.3. The van der Waals surface area contributed by atoms with Crippen molar-refractivity contribution in [3.05, 3.63) is 181 Å². The van der Waals surface area contributed by atoms with Crippen molar-refractivity contribution in [2.75, 3.05) is 0 Å². The summed E-state index contributed by atoms with van der Waals surface area (Å²) in [6.45, 7) is 4.73. The minimum Gasteiger partial charge on any atom is -0.309 e. The molecule has 56 heavy (non-hydrogen) atoms. The number of nitrogens with zero attached hydrogens (tertiary/aromatic N) is 4. The first-order chi connectivity index (χ1) is 27.5. The maximum atomic E-state index is 5.24. The third-order valence-electron chi connectivity index (χ3n) is 12.2.